The molecule has 2 N–H and O–H groups in total. The van der Waals surface area contributed by atoms with Gasteiger partial charge in [0.2, 0.25) is 0 Å². The average molecular weight is 267 g/mol. The van der Waals surface area contributed by atoms with Gasteiger partial charge in [-0.05, 0) is 31.7 Å². The van der Waals surface area contributed by atoms with Crippen molar-refractivity contribution in [1.29, 1.82) is 0 Å². The van der Waals surface area contributed by atoms with Crippen LogP contribution in [0.4, 0.5) is 5.82 Å². The number of carbonyl (C=O) groups is 1. The van der Waals surface area contributed by atoms with Crippen molar-refractivity contribution in [2.45, 2.75) is 26.3 Å². The fraction of sp³-hybridized carbons (Fsp3) is 0.538. The third kappa shape index (κ3) is 4.96. The maximum atomic E-state index is 12.0. The van der Waals surface area contributed by atoms with Gasteiger partial charge in [0.15, 0.2) is 0 Å². The highest BCUT2D eigenvalue weighted by atomic mass is 32.2. The van der Waals surface area contributed by atoms with E-state index in [4.69, 9.17) is 0 Å². The maximum Gasteiger partial charge on any atom is 0.251 e. The molecule has 5 heteroatoms. The van der Waals surface area contributed by atoms with Crippen molar-refractivity contribution < 1.29 is 4.79 Å². The Morgan fingerprint density at radius 2 is 2.33 bits per heavy atom. The normalized spacial score (nSPS) is 11.9. The first-order valence-corrected chi connectivity index (χ1v) is 7.56. The molecule has 0 fully saturated rings. The first kappa shape index (κ1) is 14.8. The van der Waals surface area contributed by atoms with E-state index < -0.39 is 0 Å². The Morgan fingerprint density at radius 3 is 3.00 bits per heavy atom. The van der Waals surface area contributed by atoms with Crippen LogP contribution < -0.4 is 10.6 Å². The van der Waals surface area contributed by atoms with Crippen LogP contribution in [0.5, 0.6) is 0 Å². The van der Waals surface area contributed by atoms with Gasteiger partial charge in [-0.1, -0.05) is 6.92 Å². The van der Waals surface area contributed by atoms with Crippen LogP contribution in [0.15, 0.2) is 18.3 Å². The summed E-state index contributed by atoms with van der Waals surface area (Å²) in [4.78, 5) is 16.2. The molecule has 0 aliphatic rings. The summed E-state index contributed by atoms with van der Waals surface area (Å²) in [6.07, 6.45) is 4.72. The van der Waals surface area contributed by atoms with Crippen molar-refractivity contribution in [2.75, 3.05) is 23.9 Å². The molecule has 0 aromatic carbocycles. The van der Waals surface area contributed by atoms with E-state index in [9.17, 15) is 4.79 Å². The molecule has 0 aliphatic heterocycles. The maximum absolute atomic E-state index is 12.0. The summed E-state index contributed by atoms with van der Waals surface area (Å²) in [6.45, 7) is 4.96. The predicted molar refractivity (Wildman–Crippen MR) is 78.3 cm³/mol. The molecule has 4 nitrogen and oxygen atoms in total. The van der Waals surface area contributed by atoms with Crippen LogP contribution in [0, 0.1) is 0 Å². The zero-order chi connectivity index (χ0) is 13.4. The second kappa shape index (κ2) is 7.97. The van der Waals surface area contributed by atoms with Gasteiger partial charge >= 0.3 is 0 Å². The monoisotopic (exact) mass is 267 g/mol. The predicted octanol–water partition coefficient (Wildman–Crippen LogP) is 2.38. The Kier molecular flexibility index (Phi) is 6.57. The van der Waals surface area contributed by atoms with Crippen molar-refractivity contribution in [3.8, 4) is 0 Å². The van der Waals surface area contributed by atoms with Crippen LogP contribution in [0.2, 0.25) is 0 Å². The molecular weight excluding hydrogens is 246 g/mol. The van der Waals surface area contributed by atoms with E-state index in [1.807, 2.05) is 13.2 Å². The summed E-state index contributed by atoms with van der Waals surface area (Å²) >= 11 is 1.72. The molecule has 0 spiro atoms. The first-order chi connectivity index (χ1) is 8.67. The zero-order valence-corrected chi connectivity index (χ0v) is 12.0. The standard InChI is InChI=1S/C13H21N3OS/c1-4-6-14-12-8-11(5-7-15-12)13(17)16-10(2)9-18-3/h5,7-8,10H,4,6,9H2,1-3H3,(H,14,15)(H,16,17). The molecule has 1 aromatic rings. The van der Waals surface area contributed by atoms with Gasteiger partial charge in [-0.3, -0.25) is 4.79 Å². The van der Waals surface area contributed by atoms with Crippen molar-refractivity contribution >= 4 is 23.5 Å². The number of pyridine rings is 1. The molecule has 18 heavy (non-hydrogen) atoms. The summed E-state index contributed by atoms with van der Waals surface area (Å²) in [5.41, 5.74) is 0.650. The zero-order valence-electron chi connectivity index (χ0n) is 11.2. The second-order valence-corrected chi connectivity index (χ2v) is 5.10. The van der Waals surface area contributed by atoms with Gasteiger partial charge in [-0.15, -0.1) is 0 Å². The van der Waals surface area contributed by atoms with Crippen molar-refractivity contribution in [3.63, 3.8) is 0 Å². The molecule has 0 saturated heterocycles. The first-order valence-electron chi connectivity index (χ1n) is 6.17. The lowest BCUT2D eigenvalue weighted by Crippen LogP contribution is -2.34. The number of aromatic nitrogens is 1. The summed E-state index contributed by atoms with van der Waals surface area (Å²) in [7, 11) is 0. The molecule has 0 radical (unpaired) electrons. The summed E-state index contributed by atoms with van der Waals surface area (Å²) < 4.78 is 0. The Hall–Kier alpha value is -1.23. The molecular formula is C13H21N3OS. The molecule has 100 valence electrons. The smallest absolute Gasteiger partial charge is 0.251 e. The fourth-order valence-electron chi connectivity index (χ4n) is 1.52. The molecule has 0 bridgehead atoms. The van der Waals surface area contributed by atoms with Gasteiger partial charge < -0.3 is 10.6 Å². The number of anilines is 1. The lowest BCUT2D eigenvalue weighted by Gasteiger charge is -2.13. The van der Waals surface area contributed by atoms with Gasteiger partial charge in [0.25, 0.3) is 5.91 Å². The fourth-order valence-corrected chi connectivity index (χ4v) is 2.10. The number of carbonyl (C=O) groups excluding carboxylic acids is 1. The van der Waals surface area contributed by atoms with E-state index in [0.717, 1.165) is 24.5 Å². The van der Waals surface area contributed by atoms with Crippen LogP contribution in [0.25, 0.3) is 0 Å². The van der Waals surface area contributed by atoms with E-state index >= 15 is 0 Å². The lowest BCUT2D eigenvalue weighted by molar-refractivity contribution is 0.0943. The Bertz CT molecular complexity index is 384. The Labute approximate surface area is 113 Å². The quantitative estimate of drug-likeness (QED) is 0.796. The van der Waals surface area contributed by atoms with Crippen LogP contribution in [0.3, 0.4) is 0 Å². The lowest BCUT2D eigenvalue weighted by atomic mass is 10.2. The van der Waals surface area contributed by atoms with E-state index in [-0.39, 0.29) is 11.9 Å². The highest BCUT2D eigenvalue weighted by molar-refractivity contribution is 7.98. The number of thioether (sulfide) groups is 1. The molecule has 0 aliphatic carbocycles. The third-order valence-corrected chi connectivity index (χ3v) is 3.21. The highest BCUT2D eigenvalue weighted by Crippen LogP contribution is 2.07. The minimum atomic E-state index is -0.0431. The number of hydrogen-bond donors (Lipinski definition) is 2. The number of hydrogen-bond acceptors (Lipinski definition) is 4. The van der Waals surface area contributed by atoms with Gasteiger partial charge in [-0.2, -0.15) is 11.8 Å². The van der Waals surface area contributed by atoms with Gasteiger partial charge in [0.1, 0.15) is 5.82 Å². The molecule has 1 aromatic heterocycles. The summed E-state index contributed by atoms with van der Waals surface area (Å²) in [5.74, 6) is 1.62. The summed E-state index contributed by atoms with van der Waals surface area (Å²) in [6, 6.07) is 3.70. The summed E-state index contributed by atoms with van der Waals surface area (Å²) in [5, 5.41) is 6.14. The van der Waals surface area contributed by atoms with Crippen molar-refractivity contribution in [2.24, 2.45) is 0 Å². The minimum absolute atomic E-state index is 0.0431. The van der Waals surface area contributed by atoms with Crippen molar-refractivity contribution in [1.82, 2.24) is 10.3 Å². The molecule has 1 amide bonds. The van der Waals surface area contributed by atoms with Crippen LogP contribution in [-0.2, 0) is 0 Å². The van der Waals surface area contributed by atoms with Crippen molar-refractivity contribution in [3.05, 3.63) is 23.9 Å². The van der Waals surface area contributed by atoms with E-state index in [1.54, 1.807) is 30.1 Å². The molecule has 1 unspecified atom stereocenters. The SMILES string of the molecule is CCCNc1cc(C(=O)NC(C)CSC)ccn1. The van der Waals surface area contributed by atoms with Crippen LogP contribution in [-0.4, -0.2) is 35.5 Å². The van der Waals surface area contributed by atoms with Crippen LogP contribution in [0.1, 0.15) is 30.6 Å². The van der Waals surface area contributed by atoms with Crippen LogP contribution >= 0.6 is 11.8 Å². The third-order valence-electron chi connectivity index (χ3n) is 2.37. The number of nitrogens with one attached hydrogen (secondary N) is 2. The molecule has 1 rings (SSSR count). The van der Waals surface area contributed by atoms with Gasteiger partial charge in [-0.25, -0.2) is 4.98 Å². The topological polar surface area (TPSA) is 54.0 Å². The molecule has 1 heterocycles. The molecule has 0 saturated carbocycles. The average Bonchev–Trinajstić information content (AvgIpc) is 2.37. The number of rotatable bonds is 7. The largest absolute Gasteiger partial charge is 0.370 e. The van der Waals surface area contributed by atoms with E-state index in [0.29, 0.717) is 5.56 Å². The molecule has 1 atom stereocenters. The Balaban J connectivity index is 2.62. The highest BCUT2D eigenvalue weighted by Gasteiger charge is 2.09. The number of amides is 1. The van der Waals surface area contributed by atoms with E-state index in [1.165, 1.54) is 0 Å². The van der Waals surface area contributed by atoms with Gasteiger partial charge in [0, 0.05) is 30.1 Å². The number of nitrogens with zero attached hydrogens (tertiary/aromatic N) is 1. The Morgan fingerprint density at radius 1 is 1.56 bits per heavy atom. The minimum Gasteiger partial charge on any atom is -0.370 e. The second-order valence-electron chi connectivity index (χ2n) is 4.19. The van der Waals surface area contributed by atoms with E-state index in [2.05, 4.69) is 22.5 Å². The van der Waals surface area contributed by atoms with Gasteiger partial charge in [0.05, 0.1) is 0 Å².